The summed E-state index contributed by atoms with van der Waals surface area (Å²) in [5.74, 6) is -0.366. The Labute approximate surface area is 138 Å². The van der Waals surface area contributed by atoms with Gasteiger partial charge in [-0.05, 0) is 37.2 Å². The predicted molar refractivity (Wildman–Crippen MR) is 89.7 cm³/mol. The van der Waals surface area contributed by atoms with Gasteiger partial charge in [-0.25, -0.2) is 0 Å². The van der Waals surface area contributed by atoms with Crippen molar-refractivity contribution in [1.29, 1.82) is 0 Å². The van der Waals surface area contributed by atoms with Crippen molar-refractivity contribution in [3.63, 3.8) is 0 Å². The van der Waals surface area contributed by atoms with Crippen LogP contribution in [0.5, 0.6) is 0 Å². The number of rotatable bonds is 3. The molecule has 1 aromatic carbocycles. The van der Waals surface area contributed by atoms with Gasteiger partial charge in [0.15, 0.2) is 5.58 Å². The van der Waals surface area contributed by atoms with Crippen LogP contribution in [0.4, 0.5) is 5.69 Å². The number of hydrogen-bond acceptors (Lipinski definition) is 4. The zero-order chi connectivity index (χ0) is 16.4. The fraction of sp³-hybridized carbons (Fsp3) is 0.438. The zero-order valence-corrected chi connectivity index (χ0v) is 13.7. The Hall–Kier alpha value is -2.15. The number of nitrogens with one attached hydrogen (secondary N) is 3. The molecule has 7 heteroatoms. The van der Waals surface area contributed by atoms with E-state index < -0.39 is 5.54 Å². The van der Waals surface area contributed by atoms with Crippen LogP contribution in [0.2, 0.25) is 0 Å². The number of carbonyl (C=O) groups is 2. The highest BCUT2D eigenvalue weighted by Crippen LogP contribution is 2.30. The van der Waals surface area contributed by atoms with Crippen molar-refractivity contribution in [3.8, 4) is 0 Å². The van der Waals surface area contributed by atoms with Gasteiger partial charge in [0.1, 0.15) is 5.54 Å². The fourth-order valence-corrected chi connectivity index (χ4v) is 3.37. The molecule has 6 nitrogen and oxygen atoms in total. The molecule has 0 spiro atoms. The third-order valence-corrected chi connectivity index (χ3v) is 4.42. The van der Waals surface area contributed by atoms with Crippen LogP contribution in [0, 0.1) is 4.84 Å². The number of amides is 2. The number of aromatic amines is 1. The average molecular weight is 333 g/mol. The van der Waals surface area contributed by atoms with Gasteiger partial charge in [0.25, 0.3) is 4.84 Å². The molecule has 2 amide bonds. The van der Waals surface area contributed by atoms with Crippen LogP contribution in [0.1, 0.15) is 39.0 Å². The third-order valence-electron chi connectivity index (χ3n) is 4.24. The van der Waals surface area contributed by atoms with Gasteiger partial charge in [-0.2, -0.15) is 0 Å². The minimum atomic E-state index is -0.822. The van der Waals surface area contributed by atoms with E-state index in [9.17, 15) is 9.59 Å². The molecular weight excluding hydrogens is 314 g/mol. The molecule has 0 saturated heterocycles. The Balaban J connectivity index is 1.84. The van der Waals surface area contributed by atoms with E-state index in [0.29, 0.717) is 28.9 Å². The summed E-state index contributed by atoms with van der Waals surface area (Å²) in [6.07, 6.45) is 4.26. The van der Waals surface area contributed by atoms with E-state index in [-0.39, 0.29) is 11.8 Å². The first-order chi connectivity index (χ1) is 11.0. The van der Waals surface area contributed by atoms with Gasteiger partial charge in [0.05, 0.1) is 5.52 Å². The molecule has 0 atom stereocenters. The summed E-state index contributed by atoms with van der Waals surface area (Å²) in [7, 11) is 0. The zero-order valence-electron chi connectivity index (χ0n) is 12.9. The van der Waals surface area contributed by atoms with Gasteiger partial charge in [0, 0.05) is 18.7 Å². The Kier molecular flexibility index (Phi) is 4.21. The fourth-order valence-electron chi connectivity index (χ4n) is 3.17. The quantitative estimate of drug-likeness (QED) is 0.752. The van der Waals surface area contributed by atoms with Crippen LogP contribution >= 0.6 is 12.2 Å². The van der Waals surface area contributed by atoms with Crippen LogP contribution in [-0.2, 0) is 9.59 Å². The normalized spacial score (nSPS) is 16.9. The van der Waals surface area contributed by atoms with Crippen molar-refractivity contribution >= 4 is 40.8 Å². The molecule has 0 radical (unpaired) electrons. The molecule has 1 fully saturated rings. The van der Waals surface area contributed by atoms with Crippen LogP contribution in [0.15, 0.2) is 22.6 Å². The molecule has 1 aliphatic carbocycles. The van der Waals surface area contributed by atoms with E-state index in [4.69, 9.17) is 16.6 Å². The Morgan fingerprint density at radius 3 is 2.70 bits per heavy atom. The molecule has 0 unspecified atom stereocenters. The number of benzene rings is 1. The van der Waals surface area contributed by atoms with Crippen molar-refractivity contribution < 1.29 is 14.0 Å². The van der Waals surface area contributed by atoms with Crippen molar-refractivity contribution in [1.82, 2.24) is 10.3 Å². The average Bonchev–Trinajstić information content (AvgIpc) is 2.86. The third kappa shape index (κ3) is 3.29. The van der Waals surface area contributed by atoms with Gasteiger partial charge in [-0.1, -0.05) is 19.3 Å². The first kappa shape index (κ1) is 15.7. The van der Waals surface area contributed by atoms with Gasteiger partial charge < -0.3 is 20.0 Å². The minimum absolute atomic E-state index is 0.180. The highest BCUT2D eigenvalue weighted by atomic mass is 32.1. The lowest BCUT2D eigenvalue weighted by Crippen LogP contribution is -2.57. The highest BCUT2D eigenvalue weighted by molar-refractivity contribution is 7.71. The van der Waals surface area contributed by atoms with Crippen molar-refractivity contribution in [3.05, 3.63) is 23.0 Å². The summed E-state index contributed by atoms with van der Waals surface area (Å²) in [5, 5.41) is 5.76. The number of aromatic nitrogens is 1. The maximum Gasteiger partial charge on any atom is 0.266 e. The second-order valence-electron chi connectivity index (χ2n) is 6.00. The van der Waals surface area contributed by atoms with E-state index in [1.807, 2.05) is 0 Å². The smallest absolute Gasteiger partial charge is 0.266 e. The second-order valence-corrected chi connectivity index (χ2v) is 6.37. The van der Waals surface area contributed by atoms with E-state index in [0.717, 1.165) is 24.8 Å². The molecule has 1 heterocycles. The topological polar surface area (TPSA) is 87.1 Å². The Bertz CT molecular complexity index is 802. The number of hydrogen-bond donors (Lipinski definition) is 3. The van der Waals surface area contributed by atoms with E-state index in [1.54, 1.807) is 18.2 Å². The molecule has 3 N–H and O–H groups in total. The molecule has 0 aliphatic heterocycles. The van der Waals surface area contributed by atoms with Crippen LogP contribution < -0.4 is 10.6 Å². The van der Waals surface area contributed by atoms with Gasteiger partial charge in [-0.15, -0.1) is 0 Å². The number of H-pyrrole nitrogens is 1. The molecule has 23 heavy (non-hydrogen) atoms. The molecule has 2 aromatic rings. The predicted octanol–water partition coefficient (Wildman–Crippen LogP) is 3.27. The number of fused-ring (bicyclic) bond motifs is 1. The number of oxazole rings is 1. The summed E-state index contributed by atoms with van der Waals surface area (Å²) in [4.78, 5) is 27.5. The van der Waals surface area contributed by atoms with E-state index >= 15 is 0 Å². The summed E-state index contributed by atoms with van der Waals surface area (Å²) in [6, 6.07) is 5.31. The highest BCUT2D eigenvalue weighted by Gasteiger charge is 2.40. The van der Waals surface area contributed by atoms with Crippen molar-refractivity contribution in [2.24, 2.45) is 0 Å². The monoisotopic (exact) mass is 333 g/mol. The molecule has 0 bridgehead atoms. The molecule has 1 aliphatic rings. The maximum atomic E-state index is 12.8. The standard InChI is InChI=1S/C16H19N3O3S/c1-10(20)19-16(7-3-2-4-8-16)14(21)17-11-5-6-12-13(9-11)22-15(23)18-12/h5-6,9H,2-4,7-8H2,1H3,(H,17,21)(H,18,23)(H,19,20). The molecule has 1 aromatic heterocycles. The lowest BCUT2D eigenvalue weighted by molar-refractivity contribution is -0.130. The van der Waals surface area contributed by atoms with Gasteiger partial charge in [0.2, 0.25) is 11.8 Å². The SMILES string of the molecule is CC(=O)NC1(C(=O)Nc2ccc3[nH]c(=S)oc3c2)CCCCC1. The first-order valence-electron chi connectivity index (χ1n) is 7.72. The molecular formula is C16H19N3O3S. The lowest BCUT2D eigenvalue weighted by atomic mass is 9.80. The summed E-state index contributed by atoms with van der Waals surface area (Å²) < 4.78 is 5.36. The van der Waals surface area contributed by atoms with Gasteiger partial charge >= 0.3 is 0 Å². The first-order valence-corrected chi connectivity index (χ1v) is 8.12. The summed E-state index contributed by atoms with van der Waals surface area (Å²) in [6.45, 7) is 1.44. The van der Waals surface area contributed by atoms with Crippen LogP contribution in [-0.4, -0.2) is 22.3 Å². The van der Waals surface area contributed by atoms with E-state index in [1.165, 1.54) is 6.92 Å². The largest absolute Gasteiger partial charge is 0.429 e. The minimum Gasteiger partial charge on any atom is -0.429 e. The van der Waals surface area contributed by atoms with E-state index in [2.05, 4.69) is 15.6 Å². The molecule has 122 valence electrons. The van der Waals surface area contributed by atoms with Gasteiger partial charge in [-0.3, -0.25) is 9.59 Å². The second kappa shape index (κ2) is 6.16. The molecule has 3 rings (SSSR count). The van der Waals surface area contributed by atoms with Crippen LogP contribution in [0.3, 0.4) is 0 Å². The molecule has 1 saturated carbocycles. The summed E-state index contributed by atoms with van der Waals surface area (Å²) >= 11 is 4.95. The van der Waals surface area contributed by atoms with Crippen molar-refractivity contribution in [2.75, 3.05) is 5.32 Å². The van der Waals surface area contributed by atoms with Crippen molar-refractivity contribution in [2.45, 2.75) is 44.6 Å². The number of anilines is 1. The summed E-state index contributed by atoms with van der Waals surface area (Å²) in [5.41, 5.74) is 1.17. The van der Waals surface area contributed by atoms with Crippen LogP contribution in [0.25, 0.3) is 11.1 Å². The Morgan fingerprint density at radius 1 is 1.26 bits per heavy atom. The Morgan fingerprint density at radius 2 is 2.00 bits per heavy atom. The number of carbonyl (C=O) groups excluding carboxylic acids is 2. The maximum absolute atomic E-state index is 12.8. The lowest BCUT2D eigenvalue weighted by Gasteiger charge is -2.36.